The second-order valence-corrected chi connectivity index (χ2v) is 5.46. The Kier molecular flexibility index (Phi) is 4.14. The molecule has 120 valence electrons. The highest BCUT2D eigenvalue weighted by molar-refractivity contribution is 5.82. The summed E-state index contributed by atoms with van der Waals surface area (Å²) >= 11 is 0. The van der Waals surface area contributed by atoms with Crippen LogP contribution in [-0.4, -0.2) is 56.7 Å². The van der Waals surface area contributed by atoms with Gasteiger partial charge in [0.05, 0.1) is 13.2 Å². The second-order valence-electron chi connectivity index (χ2n) is 5.46. The van der Waals surface area contributed by atoms with E-state index < -0.39 is 35.4 Å². The Hall–Kier alpha value is -1.02. The van der Waals surface area contributed by atoms with Gasteiger partial charge >= 0.3 is 5.97 Å². The molecule has 0 aromatic heterocycles. The molecule has 0 aromatic carbocycles. The van der Waals surface area contributed by atoms with E-state index in [9.17, 15) is 9.18 Å². The van der Waals surface area contributed by atoms with Crippen LogP contribution in [0.25, 0.3) is 0 Å². The first-order chi connectivity index (χ1) is 9.73. The van der Waals surface area contributed by atoms with Crippen molar-refractivity contribution in [1.82, 2.24) is 0 Å². The van der Waals surface area contributed by atoms with Crippen LogP contribution < -0.4 is 0 Å². The van der Waals surface area contributed by atoms with Crippen LogP contribution in [0.2, 0.25) is 0 Å². The maximum Gasteiger partial charge on any atom is 0.347 e. The van der Waals surface area contributed by atoms with Gasteiger partial charge in [0, 0.05) is 20.6 Å². The third-order valence-corrected chi connectivity index (χ3v) is 4.28. The van der Waals surface area contributed by atoms with E-state index in [-0.39, 0.29) is 6.42 Å². The highest BCUT2D eigenvalue weighted by Gasteiger charge is 2.59. The quantitative estimate of drug-likeness (QED) is 0.579. The Balaban J connectivity index is 2.29. The van der Waals surface area contributed by atoms with Crippen molar-refractivity contribution >= 4 is 5.97 Å². The fourth-order valence-corrected chi connectivity index (χ4v) is 2.62. The monoisotopic (exact) mass is 304 g/mol. The summed E-state index contributed by atoms with van der Waals surface area (Å²) in [6.45, 7) is 3.32. The molecule has 0 aromatic rings. The molecule has 21 heavy (non-hydrogen) atoms. The average molecular weight is 304 g/mol. The lowest BCUT2D eigenvalue weighted by molar-refractivity contribution is -0.444. The predicted octanol–water partition coefficient (Wildman–Crippen LogP) is 1.34. The maximum atomic E-state index is 14.6. The molecule has 2 aliphatic rings. The van der Waals surface area contributed by atoms with Crippen molar-refractivity contribution in [2.75, 3.05) is 21.3 Å². The van der Waals surface area contributed by atoms with Crippen LogP contribution in [0.3, 0.4) is 0 Å². The molecule has 0 radical (unpaired) electrons. The molecule has 0 N–H and O–H groups in total. The summed E-state index contributed by atoms with van der Waals surface area (Å²) in [5.74, 6) is -3.35. The van der Waals surface area contributed by atoms with Gasteiger partial charge in [-0.25, -0.2) is 9.18 Å². The second kappa shape index (κ2) is 5.31. The van der Waals surface area contributed by atoms with Gasteiger partial charge in [-0.05, 0) is 19.9 Å². The van der Waals surface area contributed by atoms with Crippen LogP contribution in [0.1, 0.15) is 20.3 Å². The van der Waals surface area contributed by atoms with Crippen LogP contribution in [0, 0.1) is 0 Å². The van der Waals surface area contributed by atoms with Gasteiger partial charge < -0.3 is 23.7 Å². The van der Waals surface area contributed by atoms with E-state index in [2.05, 4.69) is 4.74 Å². The number of carbonyl (C=O) groups is 1. The largest absolute Gasteiger partial charge is 0.466 e. The molecule has 0 spiro atoms. The Morgan fingerprint density at radius 3 is 2.29 bits per heavy atom. The van der Waals surface area contributed by atoms with E-state index in [1.165, 1.54) is 20.3 Å². The summed E-state index contributed by atoms with van der Waals surface area (Å²) in [6.07, 6.45) is 1.17. The van der Waals surface area contributed by atoms with E-state index in [1.54, 1.807) is 13.8 Å². The van der Waals surface area contributed by atoms with Crippen LogP contribution in [0.4, 0.5) is 4.39 Å². The number of alkyl halides is 1. The molecule has 1 heterocycles. The number of hydrogen-bond acceptors (Lipinski definition) is 6. The minimum Gasteiger partial charge on any atom is -0.466 e. The molecular formula is C14H21FO6. The lowest BCUT2D eigenvalue weighted by atomic mass is 9.87. The summed E-state index contributed by atoms with van der Waals surface area (Å²) in [7, 11) is 4.06. The fraction of sp³-hybridized carbons (Fsp3) is 0.786. The van der Waals surface area contributed by atoms with Crippen molar-refractivity contribution in [2.24, 2.45) is 0 Å². The molecule has 1 aliphatic heterocycles. The van der Waals surface area contributed by atoms with Crippen LogP contribution in [0.15, 0.2) is 12.2 Å². The van der Waals surface area contributed by atoms with Crippen molar-refractivity contribution in [3.05, 3.63) is 12.2 Å². The predicted molar refractivity (Wildman–Crippen MR) is 70.2 cm³/mol. The van der Waals surface area contributed by atoms with Crippen LogP contribution in [0.5, 0.6) is 0 Å². The molecule has 0 saturated carbocycles. The van der Waals surface area contributed by atoms with Crippen LogP contribution >= 0.6 is 0 Å². The first-order valence-corrected chi connectivity index (χ1v) is 6.66. The van der Waals surface area contributed by atoms with Crippen molar-refractivity contribution < 1.29 is 32.9 Å². The van der Waals surface area contributed by atoms with Gasteiger partial charge in [-0.2, -0.15) is 0 Å². The first-order valence-electron chi connectivity index (χ1n) is 6.66. The molecule has 2 rings (SSSR count). The molecular weight excluding hydrogens is 283 g/mol. The van der Waals surface area contributed by atoms with Crippen molar-refractivity contribution in [2.45, 2.75) is 49.7 Å². The first kappa shape index (κ1) is 16.4. The number of methoxy groups -OCH3 is 3. The van der Waals surface area contributed by atoms with E-state index in [1.807, 2.05) is 0 Å². The molecule has 5 atom stereocenters. The molecule has 1 aliphatic carbocycles. The zero-order valence-electron chi connectivity index (χ0n) is 12.8. The van der Waals surface area contributed by atoms with Crippen molar-refractivity contribution in [3.63, 3.8) is 0 Å². The number of carbonyl (C=O) groups excluding carboxylic acids is 1. The molecule has 1 saturated heterocycles. The van der Waals surface area contributed by atoms with Crippen molar-refractivity contribution in [3.8, 4) is 0 Å². The molecule has 0 amide bonds. The number of fused-ring (bicyclic) bond motifs is 1. The number of halogens is 1. The third-order valence-electron chi connectivity index (χ3n) is 4.28. The standard InChI is InChI=1S/C14H21FO6/c1-12(18-4)13(2,19-5)21-10-8-14(15,11(16)17-3)7-6-9(10)20-12/h6-7,9-10H,8H2,1-5H3/t9-,10-,12+,13+,14?/m1/s1. The Morgan fingerprint density at radius 1 is 1.19 bits per heavy atom. The van der Waals surface area contributed by atoms with Gasteiger partial charge in [0.15, 0.2) is 0 Å². The Labute approximate surface area is 123 Å². The van der Waals surface area contributed by atoms with E-state index >= 15 is 0 Å². The van der Waals surface area contributed by atoms with Gasteiger partial charge in [0.1, 0.15) is 6.10 Å². The van der Waals surface area contributed by atoms with Gasteiger partial charge in [-0.1, -0.05) is 6.08 Å². The van der Waals surface area contributed by atoms with Crippen molar-refractivity contribution in [1.29, 1.82) is 0 Å². The van der Waals surface area contributed by atoms with E-state index in [4.69, 9.17) is 18.9 Å². The van der Waals surface area contributed by atoms with E-state index in [0.717, 1.165) is 13.2 Å². The zero-order valence-corrected chi connectivity index (χ0v) is 12.8. The lowest BCUT2D eigenvalue weighted by Gasteiger charge is -2.53. The van der Waals surface area contributed by atoms with Gasteiger partial charge in [-0.15, -0.1) is 0 Å². The van der Waals surface area contributed by atoms with Gasteiger partial charge in [0.25, 0.3) is 0 Å². The minimum absolute atomic E-state index is 0.209. The number of esters is 1. The third kappa shape index (κ3) is 2.48. The molecule has 6 nitrogen and oxygen atoms in total. The van der Waals surface area contributed by atoms with Gasteiger partial charge in [0.2, 0.25) is 17.2 Å². The topological polar surface area (TPSA) is 63.2 Å². The normalized spacial score (nSPS) is 46.0. The smallest absolute Gasteiger partial charge is 0.347 e. The summed E-state index contributed by atoms with van der Waals surface area (Å²) in [5.41, 5.74) is -2.23. The number of rotatable bonds is 3. The maximum absolute atomic E-state index is 14.6. The summed E-state index contributed by atoms with van der Waals surface area (Å²) in [5, 5.41) is 0. The van der Waals surface area contributed by atoms with E-state index in [0.29, 0.717) is 0 Å². The Bertz CT molecular complexity index is 455. The summed E-state index contributed by atoms with van der Waals surface area (Å²) in [6, 6.07) is 0. The lowest BCUT2D eigenvalue weighted by Crippen LogP contribution is -2.66. The van der Waals surface area contributed by atoms with Crippen LogP contribution in [-0.2, 0) is 28.5 Å². The zero-order chi connectivity index (χ0) is 15.9. The average Bonchev–Trinajstić information content (AvgIpc) is 2.48. The summed E-state index contributed by atoms with van der Waals surface area (Å²) < 4.78 is 41.5. The fourth-order valence-electron chi connectivity index (χ4n) is 2.62. The number of hydrogen-bond donors (Lipinski definition) is 0. The molecule has 7 heteroatoms. The SMILES string of the molecule is COC(=O)C1(F)C=C[C@H]2O[C@](C)(OC)[C@@](C)(OC)O[C@@H]2C1. The van der Waals surface area contributed by atoms with Gasteiger partial charge in [-0.3, -0.25) is 0 Å². The highest BCUT2D eigenvalue weighted by Crippen LogP contribution is 2.44. The highest BCUT2D eigenvalue weighted by atomic mass is 19.1. The molecule has 0 bridgehead atoms. The number of ether oxygens (including phenoxy) is 5. The summed E-state index contributed by atoms with van der Waals surface area (Å²) in [4.78, 5) is 11.6. The minimum atomic E-state index is -2.23. The molecule has 1 fully saturated rings. The Morgan fingerprint density at radius 2 is 1.76 bits per heavy atom. The molecule has 1 unspecified atom stereocenters.